The Bertz CT molecular complexity index is 330. The van der Waals surface area contributed by atoms with Gasteiger partial charge in [-0.3, -0.25) is 4.79 Å². The maximum absolute atomic E-state index is 12.3. The lowest BCUT2D eigenvalue weighted by molar-refractivity contribution is -0.167. The predicted octanol–water partition coefficient (Wildman–Crippen LogP) is 2.35. The first-order valence-corrected chi connectivity index (χ1v) is 7.30. The fraction of sp³-hybridized carbons (Fsp3) is 0.933. The second-order valence-electron chi connectivity index (χ2n) is 7.06. The SMILES string of the molecule is CNC(C)(C(=O)OC)C12CC3CC(CC(C3)C1)C2. The molecule has 18 heavy (non-hydrogen) atoms. The third-order valence-corrected chi connectivity index (χ3v) is 6.19. The van der Waals surface area contributed by atoms with Crippen molar-refractivity contribution in [1.82, 2.24) is 5.32 Å². The first kappa shape index (κ1) is 12.5. The van der Waals surface area contributed by atoms with E-state index in [1.165, 1.54) is 45.6 Å². The van der Waals surface area contributed by atoms with Crippen LogP contribution in [0.5, 0.6) is 0 Å². The van der Waals surface area contributed by atoms with Crippen molar-refractivity contribution in [3.8, 4) is 0 Å². The molecule has 4 saturated carbocycles. The number of ether oxygens (including phenoxy) is 1. The van der Waals surface area contributed by atoms with Gasteiger partial charge in [-0.05, 0) is 75.7 Å². The molecule has 1 N–H and O–H groups in total. The Morgan fingerprint density at radius 3 is 1.94 bits per heavy atom. The Kier molecular flexibility index (Phi) is 2.74. The van der Waals surface area contributed by atoms with E-state index in [2.05, 4.69) is 12.2 Å². The smallest absolute Gasteiger partial charge is 0.326 e. The summed E-state index contributed by atoms with van der Waals surface area (Å²) in [5.41, 5.74) is -0.360. The molecule has 4 aliphatic rings. The van der Waals surface area contributed by atoms with E-state index in [1.54, 1.807) is 0 Å². The van der Waals surface area contributed by atoms with E-state index in [4.69, 9.17) is 4.74 Å². The van der Waals surface area contributed by atoms with Gasteiger partial charge in [-0.1, -0.05) is 0 Å². The molecule has 0 heterocycles. The molecule has 0 aromatic heterocycles. The van der Waals surface area contributed by atoms with Gasteiger partial charge in [-0.15, -0.1) is 0 Å². The van der Waals surface area contributed by atoms with E-state index in [-0.39, 0.29) is 11.4 Å². The van der Waals surface area contributed by atoms with Crippen molar-refractivity contribution in [2.75, 3.05) is 14.2 Å². The number of methoxy groups -OCH3 is 1. The van der Waals surface area contributed by atoms with Crippen LogP contribution >= 0.6 is 0 Å². The molecule has 0 spiro atoms. The summed E-state index contributed by atoms with van der Waals surface area (Å²) in [4.78, 5) is 12.3. The molecule has 4 fully saturated rings. The lowest BCUT2D eigenvalue weighted by Crippen LogP contribution is -2.66. The average molecular weight is 251 g/mol. The number of nitrogens with one attached hydrogen (secondary N) is 1. The zero-order valence-corrected chi connectivity index (χ0v) is 11.8. The standard InChI is InChI=1S/C15H25NO2/c1-14(16-2,13(17)18-3)15-7-10-4-11(8-15)6-12(5-10)9-15/h10-12,16H,4-9H2,1-3H3. The summed E-state index contributed by atoms with van der Waals surface area (Å²) in [5, 5.41) is 3.31. The fourth-order valence-corrected chi connectivity index (χ4v) is 5.51. The Hall–Kier alpha value is -0.570. The quantitative estimate of drug-likeness (QED) is 0.783. The van der Waals surface area contributed by atoms with Crippen LogP contribution in [0.4, 0.5) is 0 Å². The number of carbonyl (C=O) groups is 1. The summed E-state index contributed by atoms with van der Waals surface area (Å²) in [7, 11) is 3.42. The van der Waals surface area contributed by atoms with Crippen LogP contribution in [-0.4, -0.2) is 25.7 Å². The highest BCUT2D eigenvalue weighted by atomic mass is 16.5. The van der Waals surface area contributed by atoms with Crippen LogP contribution in [0, 0.1) is 23.2 Å². The van der Waals surface area contributed by atoms with Gasteiger partial charge >= 0.3 is 5.97 Å². The maximum atomic E-state index is 12.3. The van der Waals surface area contributed by atoms with Crippen LogP contribution in [-0.2, 0) is 9.53 Å². The second-order valence-corrected chi connectivity index (χ2v) is 7.06. The summed E-state index contributed by atoms with van der Waals surface area (Å²) < 4.78 is 5.09. The average Bonchev–Trinajstić information content (AvgIpc) is 2.35. The van der Waals surface area contributed by atoms with E-state index in [1.807, 2.05) is 7.05 Å². The van der Waals surface area contributed by atoms with E-state index in [0.29, 0.717) is 0 Å². The molecule has 0 amide bonds. The van der Waals surface area contributed by atoms with Crippen molar-refractivity contribution in [2.24, 2.45) is 23.2 Å². The zero-order valence-electron chi connectivity index (χ0n) is 11.8. The van der Waals surface area contributed by atoms with Crippen LogP contribution in [0.15, 0.2) is 0 Å². The van der Waals surface area contributed by atoms with Gasteiger partial charge in [0.05, 0.1) is 7.11 Å². The lowest BCUT2D eigenvalue weighted by Gasteiger charge is -2.61. The van der Waals surface area contributed by atoms with Gasteiger partial charge in [-0.25, -0.2) is 0 Å². The number of hydrogen-bond acceptors (Lipinski definition) is 3. The van der Waals surface area contributed by atoms with Crippen molar-refractivity contribution in [1.29, 1.82) is 0 Å². The Morgan fingerprint density at radius 1 is 1.17 bits per heavy atom. The number of hydrogen-bond donors (Lipinski definition) is 1. The van der Waals surface area contributed by atoms with E-state index >= 15 is 0 Å². The molecule has 1 atom stereocenters. The second kappa shape index (κ2) is 3.96. The van der Waals surface area contributed by atoms with E-state index in [9.17, 15) is 4.79 Å². The summed E-state index contributed by atoms with van der Waals surface area (Å²) in [6.45, 7) is 2.06. The molecular weight excluding hydrogens is 226 g/mol. The predicted molar refractivity (Wildman–Crippen MR) is 70.1 cm³/mol. The lowest BCUT2D eigenvalue weighted by atomic mass is 9.45. The first-order valence-electron chi connectivity index (χ1n) is 7.30. The molecule has 0 aliphatic heterocycles. The maximum Gasteiger partial charge on any atom is 0.326 e. The van der Waals surface area contributed by atoms with Crippen LogP contribution in [0.25, 0.3) is 0 Å². The van der Waals surface area contributed by atoms with Crippen LogP contribution < -0.4 is 5.32 Å². The van der Waals surface area contributed by atoms with Crippen LogP contribution in [0.1, 0.15) is 45.4 Å². The molecule has 4 rings (SSSR count). The summed E-state index contributed by atoms with van der Waals surface area (Å²) in [6, 6.07) is 0. The van der Waals surface area contributed by atoms with Crippen molar-refractivity contribution < 1.29 is 9.53 Å². The monoisotopic (exact) mass is 251 g/mol. The van der Waals surface area contributed by atoms with Crippen molar-refractivity contribution >= 4 is 5.97 Å². The molecule has 0 aromatic rings. The third-order valence-electron chi connectivity index (χ3n) is 6.19. The van der Waals surface area contributed by atoms with Gasteiger partial charge in [0.15, 0.2) is 0 Å². The van der Waals surface area contributed by atoms with Gasteiger partial charge < -0.3 is 10.1 Å². The number of carbonyl (C=O) groups excluding carboxylic acids is 1. The van der Waals surface area contributed by atoms with Gasteiger partial charge in [-0.2, -0.15) is 0 Å². The summed E-state index contributed by atoms with van der Waals surface area (Å²) in [5.74, 6) is 2.49. The normalized spacial score (nSPS) is 44.7. The van der Waals surface area contributed by atoms with E-state index in [0.717, 1.165) is 17.8 Å². The number of likely N-dealkylation sites (N-methyl/N-ethyl adjacent to an activating group) is 1. The van der Waals surface area contributed by atoms with Crippen molar-refractivity contribution in [3.05, 3.63) is 0 Å². The first-order chi connectivity index (χ1) is 8.53. The molecule has 4 aliphatic carbocycles. The largest absolute Gasteiger partial charge is 0.468 e. The highest BCUT2D eigenvalue weighted by Gasteiger charge is 2.61. The minimum atomic E-state index is -0.502. The minimum Gasteiger partial charge on any atom is -0.468 e. The minimum absolute atomic E-state index is 0.0769. The van der Waals surface area contributed by atoms with Gasteiger partial charge in [0.1, 0.15) is 5.54 Å². The zero-order chi connectivity index (χ0) is 13.0. The van der Waals surface area contributed by atoms with Crippen molar-refractivity contribution in [3.63, 3.8) is 0 Å². The molecule has 0 saturated heterocycles. The Balaban J connectivity index is 1.96. The molecule has 0 aromatic carbocycles. The van der Waals surface area contributed by atoms with Gasteiger partial charge in [0, 0.05) is 0 Å². The Morgan fingerprint density at radius 2 is 1.61 bits per heavy atom. The van der Waals surface area contributed by atoms with Crippen LogP contribution in [0.3, 0.4) is 0 Å². The highest BCUT2D eigenvalue weighted by molar-refractivity contribution is 5.81. The summed E-state index contributed by atoms with van der Waals surface area (Å²) >= 11 is 0. The molecule has 4 bridgehead atoms. The highest BCUT2D eigenvalue weighted by Crippen LogP contribution is 2.63. The number of esters is 1. The van der Waals surface area contributed by atoms with Gasteiger partial charge in [0.25, 0.3) is 0 Å². The molecule has 0 radical (unpaired) electrons. The molecule has 1 unspecified atom stereocenters. The molecule has 3 heteroatoms. The molecular formula is C15H25NO2. The molecule has 102 valence electrons. The summed E-state index contributed by atoms with van der Waals surface area (Å²) in [6.07, 6.45) is 7.85. The van der Waals surface area contributed by atoms with Crippen molar-refractivity contribution in [2.45, 2.75) is 51.0 Å². The topological polar surface area (TPSA) is 38.3 Å². The van der Waals surface area contributed by atoms with Crippen LogP contribution in [0.2, 0.25) is 0 Å². The van der Waals surface area contributed by atoms with Gasteiger partial charge in [0.2, 0.25) is 0 Å². The van der Waals surface area contributed by atoms with E-state index < -0.39 is 5.54 Å². The Labute approximate surface area is 110 Å². The fourth-order valence-electron chi connectivity index (χ4n) is 5.51. The number of rotatable bonds is 3. The molecule has 3 nitrogen and oxygen atoms in total. The third kappa shape index (κ3) is 1.49.